The first-order valence-corrected chi connectivity index (χ1v) is 6.18. The summed E-state index contributed by atoms with van der Waals surface area (Å²) in [5, 5.41) is 19.6. The van der Waals surface area contributed by atoms with Crippen LogP contribution in [0.5, 0.6) is 0 Å². The van der Waals surface area contributed by atoms with Gasteiger partial charge in [-0.2, -0.15) is 5.26 Å². The van der Waals surface area contributed by atoms with E-state index in [1.54, 1.807) is 17.0 Å². The van der Waals surface area contributed by atoms with Crippen LogP contribution in [0.1, 0.15) is 13.8 Å². The lowest BCUT2D eigenvalue weighted by Gasteiger charge is -2.28. The largest absolute Gasteiger partial charge is 0.475 e. The number of ether oxygens (including phenoxy) is 1. The lowest BCUT2D eigenvalue weighted by Crippen LogP contribution is -2.34. The minimum absolute atomic E-state index is 0.00229. The van der Waals surface area contributed by atoms with Gasteiger partial charge in [0.15, 0.2) is 5.70 Å². The van der Waals surface area contributed by atoms with Crippen LogP contribution in [-0.2, 0) is 4.74 Å². The number of hydrogen-bond donors (Lipinski definition) is 1. The number of nitro benzene ring substituents is 1. The average Bonchev–Trinajstić information content (AvgIpc) is 2.49. The van der Waals surface area contributed by atoms with Gasteiger partial charge in [-0.1, -0.05) is 13.8 Å². The second-order valence-corrected chi connectivity index (χ2v) is 3.60. The lowest BCUT2D eigenvalue weighted by atomic mass is 10.2. The number of nitro groups is 1. The quantitative estimate of drug-likeness (QED) is 0.655. The fourth-order valence-corrected chi connectivity index (χ4v) is 1.69. The van der Waals surface area contributed by atoms with E-state index in [0.29, 0.717) is 18.8 Å². The number of nitrogens with two attached hydrogens (primary N) is 1. The standard InChI is InChI=1S/C11H10N4O3.C2H6/c12-7-10-11(13)18-6-5-14(10)8-1-3-9(4-2-8)15(16)17;1-2/h1-4H,5-6,13H2;1-2H3. The molecule has 0 amide bonds. The molecule has 0 unspecified atom stereocenters. The number of hydrogen-bond acceptors (Lipinski definition) is 6. The van der Waals surface area contributed by atoms with Crippen LogP contribution in [0.15, 0.2) is 35.8 Å². The van der Waals surface area contributed by atoms with Gasteiger partial charge in [-0.3, -0.25) is 10.1 Å². The van der Waals surface area contributed by atoms with Crippen molar-refractivity contribution in [2.75, 3.05) is 18.1 Å². The van der Waals surface area contributed by atoms with Gasteiger partial charge in [0.2, 0.25) is 5.88 Å². The fourth-order valence-electron chi connectivity index (χ4n) is 1.69. The average molecular weight is 276 g/mol. The third-order valence-corrected chi connectivity index (χ3v) is 2.55. The number of nitriles is 1. The van der Waals surface area contributed by atoms with Gasteiger partial charge in [-0.15, -0.1) is 0 Å². The molecule has 2 rings (SSSR count). The summed E-state index contributed by atoms with van der Waals surface area (Å²) in [6.45, 7) is 4.84. The molecule has 7 heteroatoms. The molecule has 0 aromatic heterocycles. The van der Waals surface area contributed by atoms with Gasteiger partial charge in [-0.25, -0.2) is 0 Å². The van der Waals surface area contributed by atoms with Gasteiger partial charge in [0, 0.05) is 17.8 Å². The zero-order chi connectivity index (χ0) is 15.1. The summed E-state index contributed by atoms with van der Waals surface area (Å²) in [5.41, 5.74) is 6.47. The molecule has 1 aliphatic rings. The van der Waals surface area contributed by atoms with E-state index in [4.69, 9.17) is 15.7 Å². The maximum atomic E-state index is 10.6. The molecule has 0 bridgehead atoms. The zero-order valence-electron chi connectivity index (χ0n) is 11.4. The predicted octanol–water partition coefficient (Wildman–Crippen LogP) is 2.11. The monoisotopic (exact) mass is 276 g/mol. The van der Waals surface area contributed by atoms with Crippen molar-refractivity contribution in [1.29, 1.82) is 5.26 Å². The third-order valence-electron chi connectivity index (χ3n) is 2.55. The van der Waals surface area contributed by atoms with Gasteiger partial charge in [0.25, 0.3) is 5.69 Å². The third kappa shape index (κ3) is 3.17. The Morgan fingerprint density at radius 3 is 2.50 bits per heavy atom. The summed E-state index contributed by atoms with van der Waals surface area (Å²) in [5.74, 6) is 0.0714. The van der Waals surface area contributed by atoms with Gasteiger partial charge in [0.05, 0.1) is 11.5 Å². The van der Waals surface area contributed by atoms with Crippen LogP contribution in [0.3, 0.4) is 0 Å². The Morgan fingerprint density at radius 1 is 1.40 bits per heavy atom. The second kappa shape index (κ2) is 6.99. The molecule has 0 radical (unpaired) electrons. The number of nitrogens with zero attached hydrogens (tertiary/aromatic N) is 3. The SMILES string of the molecule is CC.N#CC1=C(N)OCCN1c1ccc([N+](=O)[O-])cc1. The van der Waals surface area contributed by atoms with Gasteiger partial charge in [0.1, 0.15) is 12.7 Å². The Bertz CT molecular complexity index is 546. The first-order valence-electron chi connectivity index (χ1n) is 6.18. The van der Waals surface area contributed by atoms with Crippen LogP contribution in [0.4, 0.5) is 11.4 Å². The lowest BCUT2D eigenvalue weighted by molar-refractivity contribution is -0.384. The summed E-state index contributed by atoms with van der Waals surface area (Å²) in [7, 11) is 0. The molecule has 0 saturated heterocycles. The summed E-state index contributed by atoms with van der Waals surface area (Å²) in [6.07, 6.45) is 0. The second-order valence-electron chi connectivity index (χ2n) is 3.60. The van der Waals surface area contributed by atoms with Gasteiger partial charge >= 0.3 is 0 Å². The van der Waals surface area contributed by atoms with Crippen molar-refractivity contribution in [1.82, 2.24) is 0 Å². The maximum absolute atomic E-state index is 10.6. The molecule has 106 valence electrons. The highest BCUT2D eigenvalue weighted by Gasteiger charge is 2.21. The van der Waals surface area contributed by atoms with Crippen LogP contribution in [-0.4, -0.2) is 18.1 Å². The maximum Gasteiger partial charge on any atom is 0.269 e. The number of anilines is 1. The molecule has 1 heterocycles. The van der Waals surface area contributed by atoms with Crippen molar-refractivity contribution in [3.05, 3.63) is 46.0 Å². The number of benzene rings is 1. The van der Waals surface area contributed by atoms with Crippen LogP contribution in [0, 0.1) is 21.4 Å². The number of allylic oxidation sites excluding steroid dienone is 1. The molecule has 2 N–H and O–H groups in total. The van der Waals surface area contributed by atoms with Crippen molar-refractivity contribution in [3.8, 4) is 6.07 Å². The van der Waals surface area contributed by atoms with E-state index in [0.717, 1.165) is 0 Å². The van der Waals surface area contributed by atoms with Crippen molar-refractivity contribution in [3.63, 3.8) is 0 Å². The summed E-state index contributed by atoms with van der Waals surface area (Å²) in [4.78, 5) is 11.7. The molecule has 7 nitrogen and oxygen atoms in total. The smallest absolute Gasteiger partial charge is 0.269 e. The zero-order valence-corrected chi connectivity index (χ0v) is 11.4. The minimum Gasteiger partial charge on any atom is -0.475 e. The molecule has 0 spiro atoms. The predicted molar refractivity (Wildman–Crippen MR) is 74.6 cm³/mol. The number of rotatable bonds is 2. The molecule has 1 aromatic carbocycles. The summed E-state index contributed by atoms with van der Waals surface area (Å²) < 4.78 is 5.08. The fraction of sp³-hybridized carbons (Fsp3) is 0.308. The normalized spacial score (nSPS) is 13.8. The molecule has 1 aliphatic heterocycles. The molecule has 0 fully saturated rings. The molecule has 0 saturated carbocycles. The van der Waals surface area contributed by atoms with E-state index in [1.165, 1.54) is 12.1 Å². The minimum atomic E-state index is -0.474. The molecular formula is C13H16N4O3. The highest BCUT2D eigenvalue weighted by Crippen LogP contribution is 2.25. The van der Waals surface area contributed by atoms with E-state index >= 15 is 0 Å². The van der Waals surface area contributed by atoms with E-state index in [9.17, 15) is 10.1 Å². The van der Waals surface area contributed by atoms with E-state index in [-0.39, 0.29) is 17.3 Å². The topological polar surface area (TPSA) is 105 Å². The van der Waals surface area contributed by atoms with Crippen LogP contribution in [0.25, 0.3) is 0 Å². The molecule has 1 aromatic rings. The van der Waals surface area contributed by atoms with Crippen LogP contribution < -0.4 is 10.6 Å². The molecule has 0 atom stereocenters. The highest BCUT2D eigenvalue weighted by atomic mass is 16.6. The van der Waals surface area contributed by atoms with Crippen molar-refractivity contribution >= 4 is 11.4 Å². The Kier molecular flexibility index (Phi) is 5.35. The van der Waals surface area contributed by atoms with Crippen molar-refractivity contribution < 1.29 is 9.66 Å². The molecule has 0 aliphatic carbocycles. The Hall–Kier alpha value is -2.75. The molecular weight excluding hydrogens is 260 g/mol. The first kappa shape index (κ1) is 15.3. The highest BCUT2D eigenvalue weighted by molar-refractivity contribution is 5.58. The van der Waals surface area contributed by atoms with Crippen molar-refractivity contribution in [2.45, 2.75) is 13.8 Å². The Balaban J connectivity index is 0.000000956. The van der Waals surface area contributed by atoms with Gasteiger partial charge in [-0.05, 0) is 12.1 Å². The number of non-ortho nitro benzene ring substituents is 1. The van der Waals surface area contributed by atoms with E-state index in [2.05, 4.69) is 0 Å². The Labute approximate surface area is 117 Å². The summed E-state index contributed by atoms with van der Waals surface area (Å²) >= 11 is 0. The van der Waals surface area contributed by atoms with Crippen LogP contribution >= 0.6 is 0 Å². The first-order chi connectivity index (χ1) is 9.63. The summed E-state index contributed by atoms with van der Waals surface area (Å²) in [6, 6.07) is 7.89. The van der Waals surface area contributed by atoms with E-state index < -0.39 is 4.92 Å². The molecule has 20 heavy (non-hydrogen) atoms. The van der Waals surface area contributed by atoms with Crippen LogP contribution in [0.2, 0.25) is 0 Å². The van der Waals surface area contributed by atoms with Gasteiger partial charge < -0.3 is 15.4 Å². The van der Waals surface area contributed by atoms with Crippen molar-refractivity contribution in [2.24, 2.45) is 5.73 Å². The van der Waals surface area contributed by atoms with E-state index in [1.807, 2.05) is 19.9 Å². The Morgan fingerprint density at radius 2 is 2.00 bits per heavy atom.